The Bertz CT molecular complexity index is 1770. The highest BCUT2D eigenvalue weighted by Crippen LogP contribution is 2.52. The van der Waals surface area contributed by atoms with Crippen LogP contribution in [0.15, 0.2) is 36.4 Å². The molecule has 4 aliphatic heterocycles. The molecule has 1 spiro atoms. The highest BCUT2D eigenvalue weighted by molar-refractivity contribution is 7.99. The zero-order valence-electron chi connectivity index (χ0n) is 31.5. The SMILES string of the molecule is C=S1(=O)NC(=O)c2ccc3c(c2)N(C[C@@H]2CC[C@H]2[C@](C)(CN2CCN4CCOC[C@@H]4C2)CCC[C@H](C)[C@H]1C)C[C@@]1(CCCc2cc(Cl)ccc21)CO3. The van der Waals surface area contributed by atoms with E-state index in [1.807, 2.05) is 31.2 Å². The minimum atomic E-state index is -2.89. The molecule has 0 aromatic heterocycles. The van der Waals surface area contributed by atoms with Crippen molar-refractivity contribution >= 4 is 38.8 Å². The number of aryl methyl sites for hydroxylation is 1. The van der Waals surface area contributed by atoms with Gasteiger partial charge < -0.3 is 14.4 Å². The number of nitrogens with zero attached hydrogens (tertiary/aromatic N) is 3. The molecule has 1 saturated carbocycles. The summed E-state index contributed by atoms with van der Waals surface area (Å²) in [6, 6.07) is 12.7. The highest BCUT2D eigenvalue weighted by Gasteiger charge is 2.48. The summed E-state index contributed by atoms with van der Waals surface area (Å²) in [5.74, 6) is 5.91. The van der Waals surface area contributed by atoms with E-state index in [1.165, 1.54) is 24.0 Å². The van der Waals surface area contributed by atoms with Gasteiger partial charge in [0.15, 0.2) is 0 Å². The molecule has 8 atom stereocenters. The number of hydrogen-bond acceptors (Lipinski definition) is 7. The molecule has 6 aliphatic rings. The highest BCUT2D eigenvalue weighted by atomic mass is 35.5. The number of morpholine rings is 1. The summed E-state index contributed by atoms with van der Waals surface area (Å²) in [5, 5.41) is 0.542. The van der Waals surface area contributed by atoms with Crippen LogP contribution in [0.1, 0.15) is 87.2 Å². The molecule has 2 aromatic rings. The summed E-state index contributed by atoms with van der Waals surface area (Å²) in [4.78, 5) is 21.8. The van der Waals surface area contributed by atoms with Gasteiger partial charge in [-0.3, -0.25) is 19.3 Å². The minimum Gasteiger partial charge on any atom is -0.490 e. The first-order valence-corrected chi connectivity index (χ1v) is 22.1. The van der Waals surface area contributed by atoms with Gasteiger partial charge in [0.2, 0.25) is 0 Å². The van der Waals surface area contributed by atoms with Crippen LogP contribution in [-0.4, -0.2) is 103 Å². The lowest BCUT2D eigenvalue weighted by Crippen LogP contribution is -2.60. The summed E-state index contributed by atoms with van der Waals surface area (Å²) >= 11 is 6.53. The third kappa shape index (κ3) is 7.02. The van der Waals surface area contributed by atoms with Crippen LogP contribution in [0, 0.1) is 23.2 Å². The number of anilines is 1. The van der Waals surface area contributed by atoms with E-state index in [0.29, 0.717) is 30.0 Å². The predicted molar refractivity (Wildman–Crippen MR) is 212 cm³/mol. The maximum atomic E-state index is 14.1. The van der Waals surface area contributed by atoms with Crippen LogP contribution in [0.2, 0.25) is 5.02 Å². The van der Waals surface area contributed by atoms with E-state index in [4.69, 9.17) is 21.1 Å². The quantitative estimate of drug-likeness (QED) is 0.355. The first-order valence-electron chi connectivity index (χ1n) is 20.0. The molecule has 3 fully saturated rings. The Kier molecular flexibility index (Phi) is 10.2. The van der Waals surface area contributed by atoms with Crippen molar-refractivity contribution in [3.8, 4) is 5.75 Å². The number of halogens is 1. The van der Waals surface area contributed by atoms with Crippen molar-refractivity contribution in [1.29, 1.82) is 0 Å². The number of rotatable bonds is 2. The van der Waals surface area contributed by atoms with Gasteiger partial charge >= 0.3 is 0 Å². The predicted octanol–water partition coefficient (Wildman–Crippen LogP) is 6.43. The van der Waals surface area contributed by atoms with Crippen molar-refractivity contribution in [3.63, 3.8) is 0 Å². The van der Waals surface area contributed by atoms with Gasteiger partial charge in [0.1, 0.15) is 5.75 Å². The standard InChI is InChI=1S/C42H59ClN4O4S/c1-29-7-5-15-41(3,26-45-17-18-46-19-20-50-25-35(46)24-45)36-12-9-33(36)23-47-27-42(16-6-8-31-21-34(43)11-13-37(31)42)28-51-39-14-10-32(22-38(39)47)40(48)44-52(4,49)30(29)2/h10-11,13-14,21-22,29-30,33,35-36H,4-9,12,15-20,23-28H2,1-3H3,(H,44,48,49)/t29-,30+,33-,35-,36+,41-,42-,52?/m0/s1. The van der Waals surface area contributed by atoms with Crippen molar-refractivity contribution in [2.45, 2.75) is 88.8 Å². The second-order valence-electron chi connectivity index (χ2n) is 17.6. The molecule has 8 nitrogen and oxygen atoms in total. The third-order valence-corrected chi connectivity index (χ3v) is 16.7. The molecule has 0 radical (unpaired) electrons. The molecule has 284 valence electrons. The van der Waals surface area contributed by atoms with Gasteiger partial charge in [0, 0.05) is 73.1 Å². The maximum Gasteiger partial charge on any atom is 0.262 e. The number of fused-ring (bicyclic) bond motifs is 5. The number of hydrogen-bond donors (Lipinski definition) is 1. The molecule has 8 rings (SSSR count). The molecule has 4 heterocycles. The van der Waals surface area contributed by atoms with E-state index in [2.05, 4.69) is 51.3 Å². The van der Waals surface area contributed by atoms with Gasteiger partial charge in [-0.15, -0.1) is 0 Å². The molecule has 1 N–H and O–H groups in total. The fourth-order valence-corrected chi connectivity index (χ4v) is 12.5. The van der Waals surface area contributed by atoms with Gasteiger partial charge in [-0.1, -0.05) is 37.9 Å². The fraction of sp³-hybridized carbons (Fsp3) is 0.667. The lowest BCUT2D eigenvalue weighted by atomic mass is 9.57. The molecular weight excluding hydrogens is 692 g/mol. The van der Waals surface area contributed by atoms with Crippen molar-refractivity contribution in [2.24, 2.45) is 23.2 Å². The van der Waals surface area contributed by atoms with Crippen LogP contribution in [0.5, 0.6) is 5.75 Å². The second-order valence-corrected chi connectivity index (χ2v) is 20.5. The van der Waals surface area contributed by atoms with Crippen molar-refractivity contribution in [2.75, 3.05) is 70.5 Å². The molecule has 10 heteroatoms. The smallest absolute Gasteiger partial charge is 0.262 e. The van der Waals surface area contributed by atoms with Crippen molar-refractivity contribution in [1.82, 2.24) is 14.5 Å². The van der Waals surface area contributed by atoms with Crippen LogP contribution in [0.25, 0.3) is 0 Å². The Balaban J connectivity index is 1.16. The number of nitrogens with one attached hydrogen (secondary N) is 1. The second kappa shape index (κ2) is 14.4. The van der Waals surface area contributed by atoms with E-state index < -0.39 is 9.71 Å². The van der Waals surface area contributed by atoms with Gasteiger partial charge in [-0.2, -0.15) is 0 Å². The molecule has 1 unspecified atom stereocenters. The Morgan fingerprint density at radius 3 is 2.73 bits per heavy atom. The molecule has 2 aliphatic carbocycles. The number of carbonyl (C=O) groups excluding carboxylic acids is 1. The lowest BCUT2D eigenvalue weighted by Gasteiger charge is -2.54. The number of benzene rings is 2. The van der Waals surface area contributed by atoms with Crippen LogP contribution in [0.4, 0.5) is 5.69 Å². The lowest BCUT2D eigenvalue weighted by molar-refractivity contribution is -0.0659. The normalized spacial score (nSPS) is 37.4. The Labute approximate surface area is 317 Å². The number of amides is 1. The number of piperazine rings is 1. The van der Waals surface area contributed by atoms with Crippen LogP contribution in [-0.2, 0) is 26.3 Å². The van der Waals surface area contributed by atoms with E-state index in [-0.39, 0.29) is 27.9 Å². The van der Waals surface area contributed by atoms with E-state index in [9.17, 15) is 9.00 Å². The zero-order chi connectivity index (χ0) is 36.3. The Morgan fingerprint density at radius 1 is 1.04 bits per heavy atom. The summed E-state index contributed by atoms with van der Waals surface area (Å²) < 4.78 is 29.7. The summed E-state index contributed by atoms with van der Waals surface area (Å²) in [7, 11) is -2.89. The van der Waals surface area contributed by atoms with Gasteiger partial charge in [0.05, 0.1) is 35.2 Å². The Morgan fingerprint density at radius 2 is 1.90 bits per heavy atom. The molecule has 2 saturated heterocycles. The minimum absolute atomic E-state index is 0.152. The monoisotopic (exact) mass is 750 g/mol. The average molecular weight is 751 g/mol. The topological polar surface area (TPSA) is 74.4 Å². The molecule has 52 heavy (non-hydrogen) atoms. The van der Waals surface area contributed by atoms with E-state index >= 15 is 0 Å². The van der Waals surface area contributed by atoms with Crippen molar-refractivity contribution < 1.29 is 18.5 Å². The third-order valence-electron chi connectivity index (χ3n) is 14.2. The summed E-state index contributed by atoms with van der Waals surface area (Å²) in [6.07, 6.45) is 8.80. The fourth-order valence-electron chi connectivity index (χ4n) is 10.8. The van der Waals surface area contributed by atoms with Gasteiger partial charge in [-0.25, -0.2) is 4.21 Å². The van der Waals surface area contributed by atoms with Crippen LogP contribution >= 0.6 is 11.6 Å². The van der Waals surface area contributed by atoms with Gasteiger partial charge in [-0.05, 0) is 122 Å². The molecular formula is C42H59ClN4O4S. The number of ether oxygens (including phenoxy) is 2. The largest absolute Gasteiger partial charge is 0.490 e. The molecule has 2 bridgehead atoms. The first kappa shape index (κ1) is 36.7. The first-order chi connectivity index (χ1) is 24.9. The zero-order valence-corrected chi connectivity index (χ0v) is 33.1. The molecule has 2 aromatic carbocycles. The average Bonchev–Trinajstić information content (AvgIpc) is 3.25. The van der Waals surface area contributed by atoms with Crippen LogP contribution in [0.3, 0.4) is 0 Å². The van der Waals surface area contributed by atoms with Gasteiger partial charge in [0.25, 0.3) is 5.91 Å². The van der Waals surface area contributed by atoms with Crippen molar-refractivity contribution in [3.05, 3.63) is 58.1 Å². The summed E-state index contributed by atoms with van der Waals surface area (Å²) in [5.41, 5.74) is 4.12. The van der Waals surface area contributed by atoms with Crippen LogP contribution < -0.4 is 14.4 Å². The summed E-state index contributed by atoms with van der Waals surface area (Å²) in [6.45, 7) is 16.3. The van der Waals surface area contributed by atoms with E-state index in [1.54, 1.807) is 0 Å². The van der Waals surface area contributed by atoms with E-state index in [0.717, 1.165) is 114 Å². The Hall–Kier alpha value is -2.30. The molecule has 1 amide bonds. The number of carbonyl (C=O) groups is 1. The maximum absolute atomic E-state index is 14.1.